The number of halogens is 2. The standard InChI is InChI=1S/C20H18Br2N2O4.C20H20N2O4/c1-20(2,3)28-19(25)23-17(13-7-5-4-6-8-13)16(22)14-9-12(11-21)10-15(18(14)23)24(26)27;1-13-10-15-12-16(14-8-6-5-7-9-14)21(19(23)26-20(2,3)4)18(15)17(11-13)22(24)25/h4-10H,11H2,1-3H3;5-12H,1-4H3. The van der Waals surface area contributed by atoms with Gasteiger partial charge in [0.1, 0.15) is 22.2 Å². The molecule has 0 amide bonds. The molecule has 6 aromatic rings. The Balaban J connectivity index is 0.000000208. The number of hydrogen-bond donors (Lipinski definition) is 0. The van der Waals surface area contributed by atoms with Crippen molar-refractivity contribution < 1.29 is 28.9 Å². The van der Waals surface area contributed by atoms with Crippen LogP contribution >= 0.6 is 31.9 Å². The number of rotatable bonds is 5. The fourth-order valence-electron chi connectivity index (χ4n) is 5.91. The molecule has 14 heteroatoms. The summed E-state index contributed by atoms with van der Waals surface area (Å²) in [5.74, 6) is 0. The van der Waals surface area contributed by atoms with E-state index < -0.39 is 33.2 Å². The number of alkyl halides is 1. The van der Waals surface area contributed by atoms with Gasteiger partial charge in [-0.1, -0.05) is 76.6 Å². The molecule has 54 heavy (non-hydrogen) atoms. The number of ether oxygens (including phenoxy) is 2. The third kappa shape index (κ3) is 8.55. The van der Waals surface area contributed by atoms with Crippen LogP contribution in [-0.4, -0.2) is 42.4 Å². The van der Waals surface area contributed by atoms with Gasteiger partial charge in [0, 0.05) is 28.2 Å². The number of benzene rings is 4. The lowest BCUT2D eigenvalue weighted by Crippen LogP contribution is -2.27. The van der Waals surface area contributed by atoms with Crippen molar-refractivity contribution in [3.63, 3.8) is 0 Å². The number of carbonyl (C=O) groups excluding carboxylic acids is 2. The zero-order valence-corrected chi connectivity index (χ0v) is 33.9. The highest BCUT2D eigenvalue weighted by Gasteiger charge is 2.31. The van der Waals surface area contributed by atoms with Crippen molar-refractivity contribution in [2.45, 2.75) is 65.0 Å². The average Bonchev–Trinajstić information content (AvgIpc) is 3.62. The quantitative estimate of drug-likeness (QED) is 0.0944. The highest BCUT2D eigenvalue weighted by Crippen LogP contribution is 2.43. The zero-order chi connectivity index (χ0) is 39.7. The third-order valence-corrected chi connectivity index (χ3v) is 9.33. The summed E-state index contributed by atoms with van der Waals surface area (Å²) in [5, 5.41) is 25.1. The van der Waals surface area contributed by atoms with E-state index in [1.54, 1.807) is 54.5 Å². The van der Waals surface area contributed by atoms with Gasteiger partial charge >= 0.3 is 12.2 Å². The molecule has 0 saturated heterocycles. The SMILES string of the molecule is CC(C)(C)OC(=O)n1c(-c2ccccc2)c(Br)c2cc(CBr)cc([N+](=O)[O-])c21.Cc1cc([N+](=O)[O-])c2c(c1)cc(-c1ccccc1)n2C(=O)OC(C)(C)C. The van der Waals surface area contributed by atoms with Gasteiger partial charge in [0.15, 0.2) is 0 Å². The molecule has 0 bridgehead atoms. The molecule has 2 aromatic heterocycles. The summed E-state index contributed by atoms with van der Waals surface area (Å²) < 4.78 is 14.3. The van der Waals surface area contributed by atoms with Crippen LogP contribution < -0.4 is 0 Å². The smallest absolute Gasteiger partial charge is 0.419 e. The number of hydrogen-bond acceptors (Lipinski definition) is 8. The van der Waals surface area contributed by atoms with Gasteiger partial charge in [-0.2, -0.15) is 0 Å². The molecule has 4 aromatic carbocycles. The van der Waals surface area contributed by atoms with Gasteiger partial charge in [-0.15, -0.1) is 0 Å². The second-order valence-electron chi connectivity index (χ2n) is 14.4. The minimum atomic E-state index is -0.751. The second kappa shape index (κ2) is 15.6. The number of nitro benzene ring substituents is 2. The Kier molecular flexibility index (Phi) is 11.5. The maximum Gasteiger partial charge on any atom is 0.419 e. The largest absolute Gasteiger partial charge is 0.443 e. The number of fused-ring (bicyclic) bond motifs is 2. The molecule has 6 rings (SSSR count). The van der Waals surface area contributed by atoms with E-state index in [0.29, 0.717) is 32.0 Å². The molecule has 280 valence electrons. The van der Waals surface area contributed by atoms with Gasteiger partial charge in [0.05, 0.1) is 25.7 Å². The Morgan fingerprint density at radius 1 is 0.704 bits per heavy atom. The number of aromatic nitrogens is 2. The summed E-state index contributed by atoms with van der Waals surface area (Å²) >= 11 is 6.92. The molecule has 0 atom stereocenters. The lowest BCUT2D eigenvalue weighted by atomic mass is 10.1. The minimum Gasteiger partial charge on any atom is -0.443 e. The fourth-order valence-corrected chi connectivity index (χ4v) is 6.94. The number of aryl methyl sites for hydroxylation is 1. The molecule has 0 fully saturated rings. The molecule has 0 saturated carbocycles. The van der Waals surface area contributed by atoms with E-state index >= 15 is 0 Å². The zero-order valence-electron chi connectivity index (χ0n) is 30.7. The summed E-state index contributed by atoms with van der Waals surface area (Å²) in [5.41, 5.74) is 2.79. The van der Waals surface area contributed by atoms with Crippen LogP contribution in [0, 0.1) is 27.2 Å². The molecule has 0 spiro atoms. The van der Waals surface area contributed by atoms with Gasteiger partial charge in [-0.3, -0.25) is 20.2 Å². The molecule has 12 nitrogen and oxygen atoms in total. The summed E-state index contributed by atoms with van der Waals surface area (Å²) in [6.07, 6.45) is -1.31. The summed E-state index contributed by atoms with van der Waals surface area (Å²) in [4.78, 5) is 48.5. The molecule has 0 unspecified atom stereocenters. The topological polar surface area (TPSA) is 149 Å². The molecule has 2 heterocycles. The predicted molar refractivity (Wildman–Crippen MR) is 216 cm³/mol. The van der Waals surface area contributed by atoms with Gasteiger partial charge in [0.2, 0.25) is 0 Å². The number of nitrogens with zero attached hydrogens (tertiary/aromatic N) is 4. The van der Waals surface area contributed by atoms with Crippen LogP contribution in [0.25, 0.3) is 44.3 Å². The highest BCUT2D eigenvalue weighted by atomic mass is 79.9. The first kappa shape index (κ1) is 39.9. The maximum absolute atomic E-state index is 13.1. The number of carbonyl (C=O) groups is 2. The van der Waals surface area contributed by atoms with Gasteiger partial charge < -0.3 is 9.47 Å². The van der Waals surface area contributed by atoms with Crippen LogP contribution in [0.5, 0.6) is 0 Å². The van der Waals surface area contributed by atoms with E-state index in [0.717, 1.165) is 22.3 Å². The first-order valence-corrected chi connectivity index (χ1v) is 18.7. The van der Waals surface area contributed by atoms with Crippen molar-refractivity contribution in [3.05, 3.63) is 127 Å². The lowest BCUT2D eigenvalue weighted by Gasteiger charge is -2.21. The molecular weight excluding hydrogens is 824 g/mol. The fraction of sp³-hybridized carbons (Fsp3) is 0.250. The van der Waals surface area contributed by atoms with Crippen LogP contribution in [0.1, 0.15) is 52.7 Å². The van der Waals surface area contributed by atoms with Crippen LogP contribution in [-0.2, 0) is 14.8 Å². The van der Waals surface area contributed by atoms with E-state index in [-0.39, 0.29) is 22.4 Å². The number of nitro groups is 2. The highest BCUT2D eigenvalue weighted by molar-refractivity contribution is 9.10. The van der Waals surface area contributed by atoms with E-state index in [2.05, 4.69) is 31.9 Å². The molecule has 0 aliphatic heterocycles. The molecule has 0 N–H and O–H groups in total. The Morgan fingerprint density at radius 3 is 1.70 bits per heavy atom. The Morgan fingerprint density at radius 2 is 1.20 bits per heavy atom. The molecule has 0 aliphatic rings. The second-order valence-corrected chi connectivity index (χ2v) is 15.8. The first-order valence-electron chi connectivity index (χ1n) is 16.8. The third-order valence-electron chi connectivity index (χ3n) is 7.88. The van der Waals surface area contributed by atoms with E-state index in [9.17, 15) is 29.8 Å². The van der Waals surface area contributed by atoms with Crippen molar-refractivity contribution in [3.8, 4) is 22.5 Å². The van der Waals surface area contributed by atoms with Crippen molar-refractivity contribution in [1.82, 2.24) is 9.13 Å². The van der Waals surface area contributed by atoms with E-state index in [1.165, 1.54) is 21.3 Å². The maximum atomic E-state index is 13.1. The normalized spacial score (nSPS) is 11.6. The summed E-state index contributed by atoms with van der Waals surface area (Å²) in [6.45, 7) is 12.3. The van der Waals surface area contributed by atoms with E-state index in [1.807, 2.05) is 72.8 Å². The monoisotopic (exact) mass is 860 g/mol. The van der Waals surface area contributed by atoms with Gasteiger partial charge in [0.25, 0.3) is 11.4 Å². The lowest BCUT2D eigenvalue weighted by molar-refractivity contribution is -0.383. The Bertz CT molecular complexity index is 2410. The Hall–Kier alpha value is -5.34. The average molecular weight is 863 g/mol. The van der Waals surface area contributed by atoms with Crippen LogP contribution in [0.15, 0.2) is 95.5 Å². The van der Waals surface area contributed by atoms with Crippen molar-refractivity contribution >= 4 is 77.2 Å². The summed E-state index contributed by atoms with van der Waals surface area (Å²) in [7, 11) is 0. The molecule has 0 radical (unpaired) electrons. The van der Waals surface area contributed by atoms with Crippen LogP contribution in [0.3, 0.4) is 0 Å². The minimum absolute atomic E-state index is 0.118. The van der Waals surface area contributed by atoms with Gasteiger partial charge in [-0.25, -0.2) is 18.7 Å². The van der Waals surface area contributed by atoms with Crippen molar-refractivity contribution in [1.29, 1.82) is 0 Å². The van der Waals surface area contributed by atoms with Gasteiger partial charge in [-0.05, 0) is 105 Å². The Labute approximate surface area is 328 Å². The summed E-state index contributed by atoms with van der Waals surface area (Å²) in [6, 6.07) is 26.9. The van der Waals surface area contributed by atoms with Crippen molar-refractivity contribution in [2.24, 2.45) is 0 Å². The predicted octanol–water partition coefficient (Wildman–Crippen LogP) is 12.0. The molecule has 0 aliphatic carbocycles. The number of non-ortho nitro benzene ring substituents is 2. The van der Waals surface area contributed by atoms with Crippen LogP contribution in [0.2, 0.25) is 0 Å². The van der Waals surface area contributed by atoms with E-state index in [4.69, 9.17) is 9.47 Å². The molecular formula is C40H38Br2N4O8. The first-order chi connectivity index (χ1) is 25.3. The van der Waals surface area contributed by atoms with Crippen molar-refractivity contribution in [2.75, 3.05) is 0 Å². The van der Waals surface area contributed by atoms with Crippen LogP contribution in [0.4, 0.5) is 21.0 Å².